The average Bonchev–Trinajstić information content (AvgIpc) is 2.78. The lowest BCUT2D eigenvalue weighted by Gasteiger charge is -2.06. The van der Waals surface area contributed by atoms with Gasteiger partial charge in [-0.15, -0.1) is 0 Å². The van der Waals surface area contributed by atoms with Gasteiger partial charge in [0.2, 0.25) is 0 Å². The number of unbranched alkanes of at least 4 members (excludes halogenated alkanes) is 2. The van der Waals surface area contributed by atoms with Crippen molar-refractivity contribution in [1.82, 2.24) is 9.55 Å². The molecule has 0 atom stereocenters. The van der Waals surface area contributed by atoms with Gasteiger partial charge in [-0.2, -0.15) is 0 Å². The number of aryl methyl sites for hydroxylation is 2. The second-order valence-corrected chi connectivity index (χ2v) is 6.06. The van der Waals surface area contributed by atoms with Gasteiger partial charge in [0.25, 0.3) is 0 Å². The molecule has 0 fully saturated rings. The Labute approximate surface area is 133 Å². The fourth-order valence-electron chi connectivity index (χ4n) is 2.53. The largest absolute Gasteiger partial charge is 0.381 e. The maximum atomic E-state index is 11.7. The summed E-state index contributed by atoms with van der Waals surface area (Å²) in [6.45, 7) is 1.63. The number of H-pyrrole nitrogens is 1. The molecule has 1 aromatic carbocycles. The van der Waals surface area contributed by atoms with Gasteiger partial charge in [0.15, 0.2) is 0 Å². The number of aromatic amines is 1. The quantitative estimate of drug-likeness (QED) is 0.554. The van der Waals surface area contributed by atoms with E-state index in [2.05, 4.69) is 27.0 Å². The summed E-state index contributed by atoms with van der Waals surface area (Å²) in [4.78, 5) is 14.5. The topological polar surface area (TPSA) is 47.0 Å². The average molecular weight is 355 g/mol. The van der Waals surface area contributed by atoms with Crippen molar-refractivity contribution < 1.29 is 4.74 Å². The number of hydrogen-bond acceptors (Lipinski definition) is 2. The van der Waals surface area contributed by atoms with Crippen LogP contribution >= 0.6 is 15.9 Å². The Morgan fingerprint density at radius 1 is 1.19 bits per heavy atom. The highest BCUT2D eigenvalue weighted by molar-refractivity contribution is 9.09. The van der Waals surface area contributed by atoms with Crippen LogP contribution in [0.4, 0.5) is 0 Å². The van der Waals surface area contributed by atoms with E-state index in [1.54, 1.807) is 4.57 Å². The number of aromatic nitrogens is 2. The highest BCUT2D eigenvalue weighted by Gasteiger charge is 2.07. The molecule has 0 saturated heterocycles. The van der Waals surface area contributed by atoms with E-state index < -0.39 is 0 Å². The van der Waals surface area contributed by atoms with Crippen LogP contribution < -0.4 is 5.69 Å². The Morgan fingerprint density at radius 3 is 2.81 bits per heavy atom. The van der Waals surface area contributed by atoms with Gasteiger partial charge in [-0.3, -0.25) is 4.57 Å². The molecule has 21 heavy (non-hydrogen) atoms. The molecular weight excluding hydrogens is 332 g/mol. The van der Waals surface area contributed by atoms with Crippen LogP contribution in [0.15, 0.2) is 23.0 Å². The van der Waals surface area contributed by atoms with Crippen molar-refractivity contribution in [3.63, 3.8) is 0 Å². The number of ether oxygens (including phenoxy) is 1. The van der Waals surface area contributed by atoms with E-state index in [1.807, 2.05) is 19.2 Å². The molecule has 2 aromatic rings. The zero-order valence-corrected chi connectivity index (χ0v) is 14.1. The minimum atomic E-state index is -0.0551. The number of nitrogens with one attached hydrogen (secondary N) is 1. The number of para-hydroxylation sites is 1. The van der Waals surface area contributed by atoms with Crippen LogP contribution in [-0.2, 0) is 18.2 Å². The molecule has 0 saturated carbocycles. The third-order valence-electron chi connectivity index (χ3n) is 3.66. The van der Waals surface area contributed by atoms with Gasteiger partial charge in [0.1, 0.15) is 0 Å². The maximum absolute atomic E-state index is 11.7. The van der Waals surface area contributed by atoms with E-state index in [-0.39, 0.29) is 5.69 Å². The van der Waals surface area contributed by atoms with Crippen molar-refractivity contribution in [1.29, 1.82) is 0 Å². The van der Waals surface area contributed by atoms with Crippen LogP contribution in [0.25, 0.3) is 11.0 Å². The van der Waals surface area contributed by atoms with Crippen LogP contribution in [0.2, 0.25) is 0 Å². The molecular formula is C16H23BrN2O2. The van der Waals surface area contributed by atoms with Gasteiger partial charge in [0, 0.05) is 25.6 Å². The van der Waals surface area contributed by atoms with Gasteiger partial charge in [-0.1, -0.05) is 34.5 Å². The number of rotatable bonds is 9. The van der Waals surface area contributed by atoms with Gasteiger partial charge in [0.05, 0.1) is 11.0 Å². The molecule has 1 heterocycles. The first-order valence-corrected chi connectivity index (χ1v) is 8.66. The normalized spacial score (nSPS) is 11.3. The molecule has 0 aliphatic heterocycles. The minimum Gasteiger partial charge on any atom is -0.381 e. The number of nitrogens with zero attached hydrogens (tertiary/aromatic N) is 1. The summed E-state index contributed by atoms with van der Waals surface area (Å²) in [5.74, 6) is 0. The smallest absolute Gasteiger partial charge is 0.326 e. The number of alkyl halides is 1. The first-order chi connectivity index (χ1) is 10.2. The zero-order valence-electron chi connectivity index (χ0n) is 12.5. The van der Waals surface area contributed by atoms with Gasteiger partial charge in [-0.25, -0.2) is 4.79 Å². The Morgan fingerprint density at radius 2 is 2.00 bits per heavy atom. The lowest BCUT2D eigenvalue weighted by atomic mass is 10.1. The van der Waals surface area contributed by atoms with Gasteiger partial charge < -0.3 is 9.72 Å². The second kappa shape index (κ2) is 8.39. The molecule has 0 aliphatic carbocycles. The monoisotopic (exact) mass is 354 g/mol. The summed E-state index contributed by atoms with van der Waals surface area (Å²) < 4.78 is 7.34. The van der Waals surface area contributed by atoms with E-state index in [0.717, 1.165) is 48.8 Å². The molecule has 0 aliphatic rings. The number of halogens is 1. The molecule has 5 heteroatoms. The summed E-state index contributed by atoms with van der Waals surface area (Å²) in [6.07, 6.45) is 5.48. The Bertz CT molecular complexity index is 618. The maximum Gasteiger partial charge on any atom is 0.326 e. The van der Waals surface area contributed by atoms with E-state index in [0.29, 0.717) is 0 Å². The number of fused-ring (bicyclic) bond motifs is 1. The predicted molar refractivity (Wildman–Crippen MR) is 90.3 cm³/mol. The van der Waals surface area contributed by atoms with Crippen molar-refractivity contribution in [2.45, 2.75) is 32.1 Å². The molecule has 0 spiro atoms. The van der Waals surface area contributed by atoms with Crippen molar-refractivity contribution in [3.8, 4) is 0 Å². The standard InChI is InChI=1S/C16H23BrN2O2/c1-19-15-13(7-5-9-14(15)18-16(19)20)8-6-12-21-11-4-2-3-10-17/h5,7,9H,2-4,6,8,10-12H2,1H3,(H,18,20). The lowest BCUT2D eigenvalue weighted by Crippen LogP contribution is -2.12. The van der Waals surface area contributed by atoms with E-state index in [4.69, 9.17) is 4.74 Å². The van der Waals surface area contributed by atoms with Crippen LogP contribution in [0, 0.1) is 0 Å². The number of hydrogen-bond donors (Lipinski definition) is 1. The van der Waals surface area contributed by atoms with E-state index in [1.165, 1.54) is 18.4 Å². The first-order valence-electron chi connectivity index (χ1n) is 7.54. The molecule has 1 N–H and O–H groups in total. The molecule has 116 valence electrons. The van der Waals surface area contributed by atoms with Crippen molar-refractivity contribution in [2.75, 3.05) is 18.5 Å². The molecule has 0 unspecified atom stereocenters. The molecule has 2 rings (SSSR count). The summed E-state index contributed by atoms with van der Waals surface area (Å²) in [5, 5.41) is 1.08. The van der Waals surface area contributed by atoms with Crippen molar-refractivity contribution in [3.05, 3.63) is 34.2 Å². The SMILES string of the molecule is Cn1c(=O)[nH]c2cccc(CCCOCCCCCBr)c21. The number of benzene rings is 1. The van der Waals surface area contributed by atoms with Crippen LogP contribution in [0.3, 0.4) is 0 Å². The third-order valence-corrected chi connectivity index (χ3v) is 4.22. The summed E-state index contributed by atoms with van der Waals surface area (Å²) in [5.41, 5.74) is 3.08. The lowest BCUT2D eigenvalue weighted by molar-refractivity contribution is 0.128. The van der Waals surface area contributed by atoms with Crippen molar-refractivity contribution in [2.24, 2.45) is 7.05 Å². The summed E-state index contributed by atoms with van der Waals surface area (Å²) >= 11 is 3.43. The number of imidazole rings is 1. The Hall–Kier alpha value is -1.07. The highest BCUT2D eigenvalue weighted by Crippen LogP contribution is 2.16. The predicted octanol–water partition coefficient (Wildman–Crippen LogP) is 3.38. The minimum absolute atomic E-state index is 0.0551. The fraction of sp³-hybridized carbons (Fsp3) is 0.562. The second-order valence-electron chi connectivity index (χ2n) is 5.27. The Kier molecular flexibility index (Phi) is 6.51. The molecule has 0 bridgehead atoms. The fourth-order valence-corrected chi connectivity index (χ4v) is 2.93. The molecule has 4 nitrogen and oxygen atoms in total. The van der Waals surface area contributed by atoms with Gasteiger partial charge >= 0.3 is 5.69 Å². The van der Waals surface area contributed by atoms with Gasteiger partial charge in [-0.05, 0) is 37.3 Å². The van der Waals surface area contributed by atoms with Crippen LogP contribution in [0.1, 0.15) is 31.2 Å². The van der Waals surface area contributed by atoms with E-state index in [9.17, 15) is 4.79 Å². The Balaban J connectivity index is 1.80. The van der Waals surface area contributed by atoms with E-state index >= 15 is 0 Å². The molecule has 1 aromatic heterocycles. The van der Waals surface area contributed by atoms with Crippen molar-refractivity contribution >= 4 is 27.0 Å². The highest BCUT2D eigenvalue weighted by atomic mass is 79.9. The molecule has 0 radical (unpaired) electrons. The first kappa shape index (κ1) is 16.3. The third kappa shape index (κ3) is 4.45. The molecule has 0 amide bonds. The zero-order chi connectivity index (χ0) is 15.1. The summed E-state index contributed by atoms with van der Waals surface area (Å²) in [7, 11) is 1.81. The van der Waals surface area contributed by atoms with Crippen LogP contribution in [0.5, 0.6) is 0 Å². The summed E-state index contributed by atoms with van der Waals surface area (Å²) in [6, 6.07) is 6.03. The van der Waals surface area contributed by atoms with Crippen LogP contribution in [-0.4, -0.2) is 28.1 Å².